The Kier molecular flexibility index (Phi) is 6.74. The fourth-order valence-electron chi connectivity index (χ4n) is 4.23. The molecule has 3 heterocycles. The van der Waals surface area contributed by atoms with Gasteiger partial charge in [-0.25, -0.2) is 15.0 Å². The second-order valence-corrected chi connectivity index (χ2v) is 8.81. The van der Waals surface area contributed by atoms with E-state index >= 15 is 0 Å². The number of nitrogens with zero attached hydrogens (tertiary/aromatic N) is 6. The summed E-state index contributed by atoms with van der Waals surface area (Å²) in [6, 6.07) is 7.76. The summed E-state index contributed by atoms with van der Waals surface area (Å²) >= 11 is 6.10. The summed E-state index contributed by atoms with van der Waals surface area (Å²) in [5, 5.41) is 0.696. The van der Waals surface area contributed by atoms with Gasteiger partial charge in [-0.3, -0.25) is 4.79 Å². The minimum absolute atomic E-state index is 0.123. The molecule has 0 saturated carbocycles. The molecule has 1 atom stereocenters. The highest BCUT2D eigenvalue weighted by molar-refractivity contribution is 6.30. The molecule has 0 unspecified atom stereocenters. The highest BCUT2D eigenvalue weighted by Crippen LogP contribution is 2.34. The molecule has 0 N–H and O–H groups in total. The third kappa shape index (κ3) is 4.78. The van der Waals surface area contributed by atoms with Crippen LogP contribution >= 0.6 is 11.6 Å². The standard InChI is InChI=1S/C24H29ClN6O/c1-4-21-26-11-13-30(21)16-22(32)31-12-5-6-18(15-31)23-20(14-27-24(28-23)29(2)3)17-7-9-19(25)10-8-17/h7-11,13-14,18H,4-6,12,15-16H2,1-3H3/t18-/m0/s1. The van der Waals surface area contributed by atoms with Crippen molar-refractivity contribution in [2.24, 2.45) is 0 Å². The zero-order valence-corrected chi connectivity index (χ0v) is 19.6. The molecule has 0 spiro atoms. The van der Waals surface area contributed by atoms with Crippen molar-refractivity contribution < 1.29 is 4.79 Å². The van der Waals surface area contributed by atoms with E-state index in [1.807, 2.05) is 65.1 Å². The van der Waals surface area contributed by atoms with E-state index < -0.39 is 0 Å². The minimum atomic E-state index is 0.123. The smallest absolute Gasteiger partial charge is 0.242 e. The van der Waals surface area contributed by atoms with Gasteiger partial charge in [-0.2, -0.15) is 0 Å². The molecule has 1 amide bonds. The molecule has 1 aliphatic heterocycles. The predicted molar refractivity (Wildman–Crippen MR) is 127 cm³/mol. The average Bonchev–Trinajstić information content (AvgIpc) is 3.26. The lowest BCUT2D eigenvalue weighted by molar-refractivity contribution is -0.133. The van der Waals surface area contributed by atoms with Gasteiger partial charge in [0.05, 0.1) is 5.69 Å². The maximum absolute atomic E-state index is 13.1. The third-order valence-corrected chi connectivity index (χ3v) is 6.20. The Balaban J connectivity index is 1.61. The second-order valence-electron chi connectivity index (χ2n) is 8.37. The van der Waals surface area contributed by atoms with Crippen LogP contribution in [0.1, 0.15) is 37.2 Å². The van der Waals surface area contributed by atoms with Crippen LogP contribution in [0.2, 0.25) is 5.02 Å². The molecule has 8 heteroatoms. The van der Waals surface area contributed by atoms with Crippen LogP contribution in [0.3, 0.4) is 0 Å². The van der Waals surface area contributed by atoms with E-state index in [1.54, 1.807) is 6.20 Å². The number of hydrogen-bond acceptors (Lipinski definition) is 5. The summed E-state index contributed by atoms with van der Waals surface area (Å²) in [7, 11) is 3.88. The molecule has 4 rings (SSSR count). The van der Waals surface area contributed by atoms with Crippen LogP contribution in [0, 0.1) is 0 Å². The monoisotopic (exact) mass is 452 g/mol. The largest absolute Gasteiger partial charge is 0.347 e. The summed E-state index contributed by atoms with van der Waals surface area (Å²) in [4.78, 5) is 30.8. The quantitative estimate of drug-likeness (QED) is 0.565. The molecule has 0 bridgehead atoms. The molecule has 0 aliphatic carbocycles. The minimum Gasteiger partial charge on any atom is -0.347 e. The van der Waals surface area contributed by atoms with Crippen molar-refractivity contribution in [2.75, 3.05) is 32.1 Å². The first-order valence-corrected chi connectivity index (χ1v) is 11.4. The van der Waals surface area contributed by atoms with Gasteiger partial charge in [0, 0.05) is 68.7 Å². The van der Waals surface area contributed by atoms with Crippen molar-refractivity contribution in [3.8, 4) is 11.1 Å². The molecular weight excluding hydrogens is 424 g/mol. The van der Waals surface area contributed by atoms with Gasteiger partial charge < -0.3 is 14.4 Å². The maximum Gasteiger partial charge on any atom is 0.242 e. The van der Waals surface area contributed by atoms with Crippen molar-refractivity contribution in [2.45, 2.75) is 38.6 Å². The van der Waals surface area contributed by atoms with Crippen LogP contribution < -0.4 is 4.90 Å². The molecule has 1 aromatic carbocycles. The lowest BCUT2D eigenvalue weighted by Crippen LogP contribution is -2.41. The Labute approximate surface area is 194 Å². The van der Waals surface area contributed by atoms with Gasteiger partial charge in [-0.05, 0) is 30.5 Å². The summed E-state index contributed by atoms with van der Waals surface area (Å²) in [6.07, 6.45) is 8.27. The first-order valence-electron chi connectivity index (χ1n) is 11.0. The number of benzene rings is 1. The van der Waals surface area contributed by atoms with Gasteiger partial charge in [0.2, 0.25) is 11.9 Å². The molecule has 2 aromatic heterocycles. The SMILES string of the molecule is CCc1nccn1CC(=O)N1CCC[C@H](c2nc(N(C)C)ncc2-c2ccc(Cl)cc2)C1. The predicted octanol–water partition coefficient (Wildman–Crippen LogP) is 4.03. The van der Waals surface area contributed by atoms with E-state index in [9.17, 15) is 4.79 Å². The van der Waals surface area contributed by atoms with Crippen LogP contribution in [0.4, 0.5) is 5.95 Å². The number of carbonyl (C=O) groups is 1. The van der Waals surface area contributed by atoms with Crippen LogP contribution in [0.25, 0.3) is 11.1 Å². The molecule has 0 radical (unpaired) electrons. The molecule has 1 fully saturated rings. The zero-order chi connectivity index (χ0) is 22.7. The van der Waals surface area contributed by atoms with Crippen molar-refractivity contribution in [1.82, 2.24) is 24.4 Å². The number of hydrogen-bond donors (Lipinski definition) is 0. The van der Waals surface area contributed by atoms with Crippen molar-refractivity contribution in [1.29, 1.82) is 0 Å². The topological polar surface area (TPSA) is 67.2 Å². The third-order valence-electron chi connectivity index (χ3n) is 5.95. The molecular formula is C24H29ClN6O. The first-order chi connectivity index (χ1) is 15.5. The lowest BCUT2D eigenvalue weighted by Gasteiger charge is -2.33. The van der Waals surface area contributed by atoms with Gasteiger partial charge in [0.25, 0.3) is 0 Å². The van der Waals surface area contributed by atoms with E-state index in [2.05, 4.69) is 16.9 Å². The van der Waals surface area contributed by atoms with Gasteiger partial charge >= 0.3 is 0 Å². The number of piperidine rings is 1. The number of aromatic nitrogens is 4. The van der Waals surface area contributed by atoms with Crippen molar-refractivity contribution in [3.63, 3.8) is 0 Å². The average molecular weight is 453 g/mol. The number of likely N-dealkylation sites (tertiary alicyclic amines) is 1. The number of amides is 1. The molecule has 7 nitrogen and oxygen atoms in total. The number of aryl methyl sites for hydroxylation is 1. The highest BCUT2D eigenvalue weighted by Gasteiger charge is 2.28. The van der Waals surface area contributed by atoms with Crippen LogP contribution in [-0.4, -0.2) is 57.5 Å². The van der Waals surface area contributed by atoms with Crippen molar-refractivity contribution in [3.05, 3.63) is 59.4 Å². The number of rotatable bonds is 6. The Bertz CT molecular complexity index is 1080. The van der Waals surface area contributed by atoms with E-state index in [1.165, 1.54) is 0 Å². The molecule has 1 aliphatic rings. The van der Waals surface area contributed by atoms with E-state index in [0.29, 0.717) is 24.1 Å². The Hall–Kier alpha value is -2.93. The number of halogens is 1. The fraction of sp³-hybridized carbons (Fsp3) is 0.417. The van der Waals surface area contributed by atoms with E-state index in [-0.39, 0.29) is 11.8 Å². The zero-order valence-electron chi connectivity index (χ0n) is 18.8. The second kappa shape index (κ2) is 9.69. The van der Waals surface area contributed by atoms with E-state index in [0.717, 1.165) is 48.5 Å². The Morgan fingerprint density at radius 1 is 1.22 bits per heavy atom. The van der Waals surface area contributed by atoms with Crippen LogP contribution in [0.15, 0.2) is 42.9 Å². The van der Waals surface area contributed by atoms with E-state index in [4.69, 9.17) is 16.6 Å². The molecule has 168 valence electrons. The number of carbonyl (C=O) groups excluding carboxylic acids is 1. The molecule has 32 heavy (non-hydrogen) atoms. The summed E-state index contributed by atoms with van der Waals surface area (Å²) < 4.78 is 1.94. The highest BCUT2D eigenvalue weighted by atomic mass is 35.5. The summed E-state index contributed by atoms with van der Waals surface area (Å²) in [5.41, 5.74) is 3.01. The van der Waals surface area contributed by atoms with Gasteiger partial charge in [0.15, 0.2) is 0 Å². The lowest BCUT2D eigenvalue weighted by atomic mass is 9.90. The Morgan fingerprint density at radius 3 is 2.72 bits per heavy atom. The Morgan fingerprint density at radius 2 is 2.00 bits per heavy atom. The van der Waals surface area contributed by atoms with Crippen molar-refractivity contribution >= 4 is 23.5 Å². The molecule has 1 saturated heterocycles. The normalized spacial score (nSPS) is 16.2. The summed E-state index contributed by atoms with van der Waals surface area (Å²) in [6.45, 7) is 3.80. The molecule has 3 aromatic rings. The fourth-order valence-corrected chi connectivity index (χ4v) is 4.36. The maximum atomic E-state index is 13.1. The van der Waals surface area contributed by atoms with Crippen LogP contribution in [-0.2, 0) is 17.8 Å². The summed E-state index contributed by atoms with van der Waals surface area (Å²) in [5.74, 6) is 1.88. The van der Waals surface area contributed by atoms with Crippen LogP contribution in [0.5, 0.6) is 0 Å². The van der Waals surface area contributed by atoms with Gasteiger partial charge in [0.1, 0.15) is 12.4 Å². The number of anilines is 1. The van der Waals surface area contributed by atoms with Gasteiger partial charge in [-0.1, -0.05) is 30.7 Å². The van der Waals surface area contributed by atoms with Gasteiger partial charge in [-0.15, -0.1) is 0 Å². The number of imidazole rings is 1. The first kappa shape index (κ1) is 22.3.